The lowest BCUT2D eigenvalue weighted by atomic mass is 10.0. The van der Waals surface area contributed by atoms with Gasteiger partial charge in [0.05, 0.1) is 6.04 Å². The van der Waals surface area contributed by atoms with Gasteiger partial charge in [-0.3, -0.25) is 0 Å². The van der Waals surface area contributed by atoms with E-state index >= 15 is 0 Å². The van der Waals surface area contributed by atoms with Crippen LogP contribution in [0.5, 0.6) is 0 Å². The number of rotatable bonds is 6. The molecule has 1 N–H and O–H groups in total. The van der Waals surface area contributed by atoms with E-state index in [1.165, 1.54) is 5.56 Å². The van der Waals surface area contributed by atoms with E-state index in [1.807, 2.05) is 6.07 Å². The summed E-state index contributed by atoms with van der Waals surface area (Å²) in [7, 11) is 0. The summed E-state index contributed by atoms with van der Waals surface area (Å²) < 4.78 is 0. The Morgan fingerprint density at radius 1 is 1.15 bits per heavy atom. The van der Waals surface area contributed by atoms with Gasteiger partial charge in [-0.15, -0.1) is 0 Å². The number of aryl methyl sites for hydroxylation is 1. The summed E-state index contributed by atoms with van der Waals surface area (Å²) in [6, 6.07) is 12.4. The first-order valence-electron chi connectivity index (χ1n) is 7.07. The SMILES string of the molecule is CCCc1nc(Cl)cc(NC(CC)c2ccccc2)n1. The minimum Gasteiger partial charge on any atom is -0.363 e. The number of nitrogens with one attached hydrogen (secondary N) is 1. The molecular formula is C16H20ClN3. The van der Waals surface area contributed by atoms with Crippen molar-refractivity contribution in [2.24, 2.45) is 0 Å². The fourth-order valence-corrected chi connectivity index (χ4v) is 2.36. The Bertz CT molecular complexity index is 543. The predicted octanol–water partition coefficient (Wildman–Crippen LogP) is 4.65. The molecule has 0 amide bonds. The summed E-state index contributed by atoms with van der Waals surface area (Å²) in [6.07, 6.45) is 2.84. The summed E-state index contributed by atoms with van der Waals surface area (Å²) in [5.41, 5.74) is 1.25. The number of aromatic nitrogens is 2. The lowest BCUT2D eigenvalue weighted by Crippen LogP contribution is -2.12. The van der Waals surface area contributed by atoms with Gasteiger partial charge in [-0.2, -0.15) is 0 Å². The molecule has 20 heavy (non-hydrogen) atoms. The molecule has 0 radical (unpaired) electrons. The molecule has 2 aromatic rings. The van der Waals surface area contributed by atoms with Crippen molar-refractivity contribution >= 4 is 17.4 Å². The monoisotopic (exact) mass is 289 g/mol. The van der Waals surface area contributed by atoms with E-state index in [0.29, 0.717) is 5.15 Å². The quantitative estimate of drug-likeness (QED) is 0.787. The van der Waals surface area contributed by atoms with E-state index in [1.54, 1.807) is 6.07 Å². The second-order valence-electron chi connectivity index (χ2n) is 4.76. The van der Waals surface area contributed by atoms with Gasteiger partial charge < -0.3 is 5.32 Å². The Balaban J connectivity index is 2.19. The first-order valence-corrected chi connectivity index (χ1v) is 7.45. The number of hydrogen-bond acceptors (Lipinski definition) is 3. The highest BCUT2D eigenvalue weighted by atomic mass is 35.5. The molecule has 0 aliphatic heterocycles. The van der Waals surface area contributed by atoms with Crippen molar-refractivity contribution in [2.75, 3.05) is 5.32 Å². The van der Waals surface area contributed by atoms with Gasteiger partial charge in [-0.05, 0) is 18.4 Å². The van der Waals surface area contributed by atoms with Crippen LogP contribution in [0.4, 0.5) is 5.82 Å². The van der Waals surface area contributed by atoms with Gasteiger partial charge in [0.1, 0.15) is 16.8 Å². The zero-order chi connectivity index (χ0) is 14.4. The molecule has 2 rings (SSSR count). The standard InChI is InChI=1S/C16H20ClN3/c1-3-8-15-19-14(17)11-16(20-15)18-13(4-2)12-9-6-5-7-10-12/h5-7,9-11,13H,3-4,8H2,1-2H3,(H,18,19,20). The first kappa shape index (κ1) is 14.8. The Kier molecular flexibility index (Phi) is 5.36. The average Bonchev–Trinajstić information content (AvgIpc) is 2.45. The maximum absolute atomic E-state index is 6.07. The topological polar surface area (TPSA) is 37.8 Å². The fraction of sp³-hybridized carbons (Fsp3) is 0.375. The van der Waals surface area contributed by atoms with Crippen LogP contribution in [0.1, 0.15) is 44.1 Å². The summed E-state index contributed by atoms with van der Waals surface area (Å²) >= 11 is 6.07. The zero-order valence-electron chi connectivity index (χ0n) is 11.9. The molecular weight excluding hydrogens is 270 g/mol. The molecule has 1 heterocycles. The third-order valence-electron chi connectivity index (χ3n) is 3.15. The van der Waals surface area contributed by atoms with Gasteiger partial charge >= 0.3 is 0 Å². The molecule has 0 saturated heterocycles. The van der Waals surface area contributed by atoms with E-state index < -0.39 is 0 Å². The van der Waals surface area contributed by atoms with Crippen LogP contribution in [0.25, 0.3) is 0 Å². The van der Waals surface area contributed by atoms with E-state index in [-0.39, 0.29) is 6.04 Å². The summed E-state index contributed by atoms with van der Waals surface area (Å²) in [6.45, 7) is 4.26. The van der Waals surface area contributed by atoms with Crippen molar-refractivity contribution in [3.05, 3.63) is 52.9 Å². The van der Waals surface area contributed by atoms with Crippen LogP contribution < -0.4 is 5.32 Å². The number of halogens is 1. The Hall–Kier alpha value is -1.61. The van der Waals surface area contributed by atoms with E-state index in [0.717, 1.165) is 30.9 Å². The predicted molar refractivity (Wildman–Crippen MR) is 84.1 cm³/mol. The molecule has 1 aromatic carbocycles. The third kappa shape index (κ3) is 3.94. The molecule has 106 valence electrons. The lowest BCUT2D eigenvalue weighted by Gasteiger charge is -2.18. The molecule has 1 atom stereocenters. The number of nitrogens with zero attached hydrogens (tertiary/aromatic N) is 2. The fourth-order valence-electron chi connectivity index (χ4n) is 2.16. The van der Waals surface area contributed by atoms with E-state index in [9.17, 15) is 0 Å². The second kappa shape index (κ2) is 7.25. The van der Waals surface area contributed by atoms with Crippen molar-refractivity contribution in [1.82, 2.24) is 9.97 Å². The summed E-state index contributed by atoms with van der Waals surface area (Å²) in [4.78, 5) is 8.77. The highest BCUT2D eigenvalue weighted by Crippen LogP contribution is 2.22. The lowest BCUT2D eigenvalue weighted by molar-refractivity contribution is 0.739. The average molecular weight is 290 g/mol. The van der Waals surface area contributed by atoms with Gasteiger partial charge in [0.2, 0.25) is 0 Å². The molecule has 0 aliphatic rings. The van der Waals surface area contributed by atoms with Crippen molar-refractivity contribution in [3.8, 4) is 0 Å². The Morgan fingerprint density at radius 3 is 2.55 bits per heavy atom. The highest BCUT2D eigenvalue weighted by molar-refractivity contribution is 6.29. The first-order chi connectivity index (χ1) is 9.72. The van der Waals surface area contributed by atoms with Gasteiger partial charge in [-0.1, -0.05) is 55.8 Å². The van der Waals surface area contributed by atoms with Gasteiger partial charge in [0.15, 0.2) is 0 Å². The summed E-state index contributed by atoms with van der Waals surface area (Å²) in [5, 5.41) is 3.94. The molecule has 3 nitrogen and oxygen atoms in total. The van der Waals surface area contributed by atoms with Crippen molar-refractivity contribution in [2.45, 2.75) is 39.2 Å². The van der Waals surface area contributed by atoms with Crippen molar-refractivity contribution in [1.29, 1.82) is 0 Å². The molecule has 1 unspecified atom stereocenters. The maximum atomic E-state index is 6.07. The molecule has 0 bridgehead atoms. The third-order valence-corrected chi connectivity index (χ3v) is 3.34. The minimum absolute atomic E-state index is 0.233. The van der Waals surface area contributed by atoms with Crippen molar-refractivity contribution < 1.29 is 0 Å². The molecule has 0 fully saturated rings. The van der Waals surface area contributed by atoms with Crippen LogP contribution in [-0.2, 0) is 6.42 Å². The van der Waals surface area contributed by atoms with Crippen LogP contribution >= 0.6 is 11.6 Å². The number of benzene rings is 1. The smallest absolute Gasteiger partial charge is 0.134 e. The molecule has 1 aromatic heterocycles. The van der Waals surface area contributed by atoms with Crippen LogP contribution in [0.15, 0.2) is 36.4 Å². The van der Waals surface area contributed by atoms with Crippen LogP contribution in [-0.4, -0.2) is 9.97 Å². The Labute approximate surface area is 125 Å². The number of anilines is 1. The normalized spacial score (nSPS) is 12.2. The van der Waals surface area contributed by atoms with Crippen LogP contribution in [0, 0.1) is 0 Å². The van der Waals surface area contributed by atoms with Gasteiger partial charge in [-0.25, -0.2) is 9.97 Å². The molecule has 0 spiro atoms. The van der Waals surface area contributed by atoms with Gasteiger partial charge in [0.25, 0.3) is 0 Å². The summed E-state index contributed by atoms with van der Waals surface area (Å²) in [5.74, 6) is 1.59. The van der Waals surface area contributed by atoms with Crippen molar-refractivity contribution in [3.63, 3.8) is 0 Å². The second-order valence-corrected chi connectivity index (χ2v) is 5.15. The number of hydrogen-bond donors (Lipinski definition) is 1. The largest absolute Gasteiger partial charge is 0.363 e. The molecule has 0 saturated carbocycles. The zero-order valence-corrected chi connectivity index (χ0v) is 12.7. The minimum atomic E-state index is 0.233. The molecule has 4 heteroatoms. The van der Waals surface area contributed by atoms with Crippen LogP contribution in [0.3, 0.4) is 0 Å². The maximum Gasteiger partial charge on any atom is 0.134 e. The van der Waals surface area contributed by atoms with Gasteiger partial charge in [0, 0.05) is 12.5 Å². The Morgan fingerprint density at radius 2 is 1.90 bits per heavy atom. The van der Waals surface area contributed by atoms with E-state index in [4.69, 9.17) is 11.6 Å². The van der Waals surface area contributed by atoms with E-state index in [2.05, 4.69) is 53.4 Å². The van der Waals surface area contributed by atoms with Crippen LogP contribution in [0.2, 0.25) is 5.15 Å². The molecule has 0 aliphatic carbocycles. The highest BCUT2D eigenvalue weighted by Gasteiger charge is 2.10.